The number of nitrogens with one attached hydrogen (secondary N) is 1. The number of fused-ring (bicyclic) bond motifs is 1. The molecule has 0 bridgehead atoms. The molecule has 122 valence electrons. The van der Waals surface area contributed by atoms with E-state index in [0.717, 1.165) is 22.0 Å². The molecule has 0 spiro atoms. The number of benzene rings is 1. The second-order valence-electron chi connectivity index (χ2n) is 5.15. The van der Waals surface area contributed by atoms with Gasteiger partial charge in [-0.15, -0.1) is 28.2 Å². The van der Waals surface area contributed by atoms with E-state index < -0.39 is 0 Å². The minimum absolute atomic E-state index is 0.170. The Morgan fingerprint density at radius 3 is 2.96 bits per heavy atom. The fraction of sp³-hybridized carbons (Fsp3) is 0.200. The Bertz CT molecular complexity index is 831. The maximum Gasteiger partial charge on any atom is 0.349 e. The maximum atomic E-state index is 12.4. The SMILES string of the molecule is CSCN1N=NC2=C(c3nc(-c4ccccc4)cs3)NCN2C1=O. The molecule has 0 saturated heterocycles. The fourth-order valence-electron chi connectivity index (χ4n) is 2.49. The van der Waals surface area contributed by atoms with E-state index in [0.29, 0.717) is 18.4 Å². The van der Waals surface area contributed by atoms with Gasteiger partial charge in [-0.1, -0.05) is 35.6 Å². The van der Waals surface area contributed by atoms with Crippen molar-refractivity contribution in [2.45, 2.75) is 0 Å². The molecule has 2 aliphatic rings. The van der Waals surface area contributed by atoms with Gasteiger partial charge in [0.1, 0.15) is 10.7 Å². The van der Waals surface area contributed by atoms with Gasteiger partial charge in [-0.25, -0.2) is 9.78 Å². The highest BCUT2D eigenvalue weighted by molar-refractivity contribution is 7.98. The van der Waals surface area contributed by atoms with Crippen molar-refractivity contribution in [3.63, 3.8) is 0 Å². The third-order valence-electron chi connectivity index (χ3n) is 3.63. The molecule has 4 rings (SSSR count). The monoisotopic (exact) mass is 358 g/mol. The second-order valence-corrected chi connectivity index (χ2v) is 6.85. The van der Waals surface area contributed by atoms with Gasteiger partial charge < -0.3 is 5.32 Å². The molecule has 24 heavy (non-hydrogen) atoms. The van der Waals surface area contributed by atoms with Crippen molar-refractivity contribution >= 4 is 34.8 Å². The molecule has 9 heteroatoms. The highest BCUT2D eigenvalue weighted by Gasteiger charge is 2.36. The van der Waals surface area contributed by atoms with Gasteiger partial charge in [-0.3, -0.25) is 4.90 Å². The quantitative estimate of drug-likeness (QED) is 0.909. The number of carbonyl (C=O) groups is 1. The van der Waals surface area contributed by atoms with Crippen LogP contribution in [0.1, 0.15) is 5.01 Å². The van der Waals surface area contributed by atoms with Crippen LogP contribution >= 0.6 is 23.1 Å². The summed E-state index contributed by atoms with van der Waals surface area (Å²) in [7, 11) is 0. The minimum atomic E-state index is -0.170. The molecular weight excluding hydrogens is 344 g/mol. The molecule has 0 unspecified atom stereocenters. The molecule has 0 aliphatic carbocycles. The lowest BCUT2D eigenvalue weighted by atomic mass is 10.2. The number of nitrogens with zero attached hydrogens (tertiary/aromatic N) is 5. The summed E-state index contributed by atoms with van der Waals surface area (Å²) in [6.07, 6.45) is 1.92. The minimum Gasteiger partial charge on any atom is -0.362 e. The van der Waals surface area contributed by atoms with E-state index >= 15 is 0 Å². The Hall–Kier alpha value is -2.39. The van der Waals surface area contributed by atoms with Crippen LogP contribution in [-0.2, 0) is 0 Å². The lowest BCUT2D eigenvalue weighted by Gasteiger charge is -2.25. The van der Waals surface area contributed by atoms with Gasteiger partial charge in [-0.05, 0) is 6.26 Å². The zero-order valence-corrected chi connectivity index (χ0v) is 14.5. The van der Waals surface area contributed by atoms with E-state index in [9.17, 15) is 4.79 Å². The van der Waals surface area contributed by atoms with Crippen molar-refractivity contribution in [3.8, 4) is 11.3 Å². The van der Waals surface area contributed by atoms with Gasteiger partial charge >= 0.3 is 6.03 Å². The predicted molar refractivity (Wildman–Crippen MR) is 94.8 cm³/mol. The number of hydrogen-bond donors (Lipinski definition) is 1. The lowest BCUT2D eigenvalue weighted by Crippen LogP contribution is -2.41. The first-order valence-electron chi connectivity index (χ1n) is 7.27. The summed E-state index contributed by atoms with van der Waals surface area (Å²) < 4.78 is 0. The zero-order valence-electron chi connectivity index (χ0n) is 12.8. The largest absolute Gasteiger partial charge is 0.362 e. The molecule has 2 amide bonds. The van der Waals surface area contributed by atoms with Crippen LogP contribution < -0.4 is 5.32 Å². The highest BCUT2D eigenvalue weighted by Crippen LogP contribution is 2.32. The molecule has 2 aromatic rings. The summed E-state index contributed by atoms with van der Waals surface area (Å²) in [6, 6.07) is 9.83. The maximum absolute atomic E-state index is 12.4. The van der Waals surface area contributed by atoms with Gasteiger partial charge in [0.25, 0.3) is 0 Å². The third kappa shape index (κ3) is 2.55. The van der Waals surface area contributed by atoms with E-state index in [2.05, 4.69) is 20.6 Å². The molecule has 1 aromatic heterocycles. The molecule has 0 radical (unpaired) electrons. The van der Waals surface area contributed by atoms with Crippen LogP contribution in [-0.4, -0.2) is 39.7 Å². The van der Waals surface area contributed by atoms with Crippen LogP contribution in [0.2, 0.25) is 0 Å². The van der Waals surface area contributed by atoms with Crippen molar-refractivity contribution in [2.75, 3.05) is 18.8 Å². The molecule has 0 atom stereocenters. The molecule has 0 saturated carbocycles. The van der Waals surface area contributed by atoms with Crippen molar-refractivity contribution in [1.82, 2.24) is 20.2 Å². The number of rotatable bonds is 4. The van der Waals surface area contributed by atoms with Crippen molar-refractivity contribution in [1.29, 1.82) is 0 Å². The number of aromatic nitrogens is 1. The second kappa shape index (κ2) is 6.25. The normalized spacial score (nSPS) is 16.6. The van der Waals surface area contributed by atoms with Gasteiger partial charge in [-0.2, -0.15) is 5.01 Å². The first-order valence-corrected chi connectivity index (χ1v) is 9.54. The number of thiazole rings is 1. The van der Waals surface area contributed by atoms with Gasteiger partial charge in [0.15, 0.2) is 5.82 Å². The van der Waals surface area contributed by atoms with Crippen LogP contribution in [0.5, 0.6) is 0 Å². The average Bonchev–Trinajstić information content (AvgIpc) is 3.25. The first-order chi connectivity index (χ1) is 11.8. The standard InChI is InChI=1S/C15H14N6OS2/c1-23-9-21-15(22)20-8-16-12(13(20)18-19-21)14-17-11(7-24-14)10-5-3-2-4-6-10/h2-7,16H,8-9H2,1H3. The predicted octanol–water partition coefficient (Wildman–Crippen LogP) is 3.42. The smallest absolute Gasteiger partial charge is 0.349 e. The van der Waals surface area contributed by atoms with E-state index in [-0.39, 0.29) is 6.03 Å². The van der Waals surface area contributed by atoms with Crippen LogP contribution in [0.15, 0.2) is 51.9 Å². The zero-order chi connectivity index (χ0) is 16.5. The summed E-state index contributed by atoms with van der Waals surface area (Å²) in [5, 5.41) is 15.6. The lowest BCUT2D eigenvalue weighted by molar-refractivity contribution is 0.162. The van der Waals surface area contributed by atoms with Gasteiger partial charge in [0.2, 0.25) is 0 Å². The number of urea groups is 1. The Kier molecular flexibility index (Phi) is 3.95. The Labute approximate surface area is 147 Å². The highest BCUT2D eigenvalue weighted by atomic mass is 32.2. The fourth-order valence-corrected chi connectivity index (χ4v) is 3.74. The number of hydrogen-bond acceptors (Lipinski definition) is 7. The number of amides is 2. The van der Waals surface area contributed by atoms with E-state index in [1.54, 1.807) is 4.90 Å². The van der Waals surface area contributed by atoms with Crippen molar-refractivity contribution in [3.05, 3.63) is 46.5 Å². The van der Waals surface area contributed by atoms with Crippen molar-refractivity contribution in [2.24, 2.45) is 10.3 Å². The van der Waals surface area contributed by atoms with Crippen LogP contribution in [0.3, 0.4) is 0 Å². The summed E-state index contributed by atoms with van der Waals surface area (Å²) in [5.74, 6) is 1.02. The molecule has 7 nitrogen and oxygen atoms in total. The molecule has 1 aromatic carbocycles. The van der Waals surface area contributed by atoms with Crippen molar-refractivity contribution < 1.29 is 4.79 Å². The number of carbonyl (C=O) groups excluding carboxylic acids is 1. The average molecular weight is 358 g/mol. The Morgan fingerprint density at radius 1 is 1.33 bits per heavy atom. The Morgan fingerprint density at radius 2 is 2.17 bits per heavy atom. The summed E-state index contributed by atoms with van der Waals surface area (Å²) >= 11 is 3.04. The van der Waals surface area contributed by atoms with E-state index in [1.165, 1.54) is 28.1 Å². The number of thioether (sulfide) groups is 1. The van der Waals surface area contributed by atoms with Crippen LogP contribution in [0.25, 0.3) is 17.0 Å². The van der Waals surface area contributed by atoms with E-state index in [1.807, 2.05) is 42.0 Å². The summed E-state index contributed by atoms with van der Waals surface area (Å²) in [6.45, 7) is 0.383. The van der Waals surface area contributed by atoms with Crippen LogP contribution in [0.4, 0.5) is 4.79 Å². The van der Waals surface area contributed by atoms with E-state index in [4.69, 9.17) is 0 Å². The molecule has 2 aliphatic heterocycles. The first kappa shape index (κ1) is 15.2. The van der Waals surface area contributed by atoms with Gasteiger partial charge in [0, 0.05) is 10.9 Å². The summed E-state index contributed by atoms with van der Waals surface area (Å²) in [5.41, 5.74) is 2.73. The molecular formula is C15H14N6OS2. The van der Waals surface area contributed by atoms with Crippen LogP contribution in [0, 0.1) is 0 Å². The topological polar surface area (TPSA) is 73.2 Å². The molecule has 0 fully saturated rings. The van der Waals surface area contributed by atoms with Gasteiger partial charge in [0.05, 0.1) is 18.2 Å². The third-order valence-corrected chi connectivity index (χ3v) is 4.99. The summed E-state index contributed by atoms with van der Waals surface area (Å²) in [4.78, 5) is 18.7. The molecule has 3 heterocycles. The Balaban J connectivity index is 1.67. The molecule has 1 N–H and O–H groups in total.